The quantitative estimate of drug-likeness (QED) is 0.101. The van der Waals surface area contributed by atoms with Crippen LogP contribution >= 0.6 is 0 Å². The zero-order chi connectivity index (χ0) is 51.5. The predicted molar refractivity (Wildman–Crippen MR) is 255 cm³/mol. The van der Waals surface area contributed by atoms with Gasteiger partial charge in [-0.05, 0) is 74.2 Å². The Labute approximate surface area is 405 Å². The normalized spacial score (nSPS) is 22.4. The van der Waals surface area contributed by atoms with E-state index in [9.17, 15) is 53.1 Å². The molecule has 7 rings (SSSR count). The highest BCUT2D eigenvalue weighted by molar-refractivity contribution is 6.06. The fourth-order valence-corrected chi connectivity index (χ4v) is 7.52. The zero-order valence-electron chi connectivity index (χ0n) is 39.4. The summed E-state index contributed by atoms with van der Waals surface area (Å²) in [6.45, 7) is 5.54. The molecule has 23 nitrogen and oxygen atoms in total. The number of aromatic amines is 1. The van der Waals surface area contributed by atoms with Gasteiger partial charge in [0.2, 0.25) is 53.1 Å². The number of H-pyrrole nitrogens is 1. The van der Waals surface area contributed by atoms with Crippen molar-refractivity contribution >= 4 is 81.1 Å². The number of amides is 9. The molecule has 4 heterocycles. The first kappa shape index (κ1) is 51.8. The molecule has 11 N–H and O–H groups in total. The van der Waals surface area contributed by atoms with Crippen LogP contribution in [0.2, 0.25) is 0 Å². The maximum Gasteiger partial charge on any atom is 0.326 e. The molecule has 1 unspecified atom stereocenters. The molecule has 2 aromatic heterocycles. The number of carboxylic acids is 1. The van der Waals surface area contributed by atoms with Gasteiger partial charge < -0.3 is 62.4 Å². The van der Waals surface area contributed by atoms with Crippen molar-refractivity contribution in [2.24, 2.45) is 5.92 Å². The number of nitrogens with one attached hydrogen (secondary N) is 10. The molecule has 4 bridgehead atoms. The molecule has 0 fully saturated rings. The van der Waals surface area contributed by atoms with Gasteiger partial charge in [-0.15, -0.1) is 0 Å². The second kappa shape index (κ2) is 23.1. The second-order valence-electron chi connectivity index (χ2n) is 17.3. The SMILES string of the molecule is CC(C)[C@@H]1NC(=O)[C@H](Cc2ccccc2)NC(=O)c2ccc(cc2)-c2nc3c(ccc4[nH]cc(c43)CC(C(=O)O)NC(=O)[C@H](C)NC(=O)CNC(=O)[C@H](C)NC(=O)CNC(=O)[C@H](C)NC(=O)CNC1=O)o2. The molecule has 3 aromatic carbocycles. The van der Waals surface area contributed by atoms with Gasteiger partial charge in [0.15, 0.2) is 5.58 Å². The summed E-state index contributed by atoms with van der Waals surface area (Å²) in [5.41, 5.74) is 3.18. The van der Waals surface area contributed by atoms with E-state index in [1.54, 1.807) is 74.6 Å². The summed E-state index contributed by atoms with van der Waals surface area (Å²) in [6.07, 6.45) is 1.43. The molecule has 6 atom stereocenters. The molecule has 0 saturated carbocycles. The van der Waals surface area contributed by atoms with E-state index in [-0.39, 0.29) is 24.3 Å². The van der Waals surface area contributed by atoms with Crippen molar-refractivity contribution in [3.05, 3.63) is 89.6 Å². The summed E-state index contributed by atoms with van der Waals surface area (Å²) < 4.78 is 6.11. The van der Waals surface area contributed by atoms with Crippen molar-refractivity contribution < 1.29 is 57.5 Å². The molecule has 374 valence electrons. The highest BCUT2D eigenvalue weighted by atomic mass is 16.4. The number of carbonyl (C=O) groups is 10. The fraction of sp³-hybridized carbons (Fsp3) is 0.354. The van der Waals surface area contributed by atoms with Crippen molar-refractivity contribution in [2.45, 2.75) is 83.7 Å². The maximum atomic E-state index is 14.0. The zero-order valence-corrected chi connectivity index (χ0v) is 39.4. The van der Waals surface area contributed by atoms with Gasteiger partial charge in [-0.1, -0.05) is 44.2 Å². The monoisotopic (exact) mass is 977 g/mol. The highest BCUT2D eigenvalue weighted by Crippen LogP contribution is 2.32. The van der Waals surface area contributed by atoms with E-state index in [1.807, 2.05) is 0 Å². The minimum Gasteiger partial charge on any atom is -0.480 e. The Hall–Kier alpha value is -8.63. The molecule has 23 heteroatoms. The number of aromatic nitrogens is 2. The summed E-state index contributed by atoms with van der Waals surface area (Å²) in [7, 11) is 0. The number of carboxylic acid groups (broad SMARTS) is 1. The molecule has 0 saturated heterocycles. The van der Waals surface area contributed by atoms with Crippen LogP contribution in [-0.4, -0.2) is 130 Å². The largest absolute Gasteiger partial charge is 0.480 e. The number of rotatable bonds is 4. The van der Waals surface area contributed by atoms with Crippen LogP contribution in [0, 0.1) is 5.92 Å². The number of hydrogen-bond acceptors (Lipinski definition) is 12. The number of oxazole rings is 1. The Balaban J connectivity index is 1.26. The van der Waals surface area contributed by atoms with Crippen LogP contribution in [-0.2, 0) is 56.0 Å². The Kier molecular flexibility index (Phi) is 16.8. The number of benzene rings is 3. The standard InChI is InChI=1S/C48H55N11O12/c1-23(2)39-46(68)52-22-37(62)54-25(4)42(64)50-20-35(60)53-24(3)41(63)51-21-36(61)55-26(5)43(65)57-33(48(69)70)18-30-19-49-31-15-16-34-40(38(30)31)59-47(71-34)29-13-11-28(12-14-29)44(66)56-32(45(67)58-39)17-27-9-7-6-8-10-27/h6-16,19,23-26,32-33,39,49H,17-18,20-22H2,1-5H3,(H,50,64)(H,51,63)(H,52,68)(H,53,60)(H,54,62)(H,55,61)(H,56,66)(H,57,65)(H,58,67)(H,69,70)/t24-,25-,26-,32-,33?,39-/m0/s1. The molecule has 0 radical (unpaired) electrons. The van der Waals surface area contributed by atoms with Crippen molar-refractivity contribution in [1.29, 1.82) is 0 Å². The summed E-state index contributed by atoms with van der Waals surface area (Å²) in [5.74, 6) is -8.43. The molecule has 71 heavy (non-hydrogen) atoms. The Morgan fingerprint density at radius 2 is 1.20 bits per heavy atom. The average molecular weight is 978 g/mol. The van der Waals surface area contributed by atoms with E-state index in [1.165, 1.54) is 32.9 Å². The minimum atomic E-state index is -1.46. The fourth-order valence-electron chi connectivity index (χ4n) is 7.52. The van der Waals surface area contributed by atoms with E-state index in [0.717, 1.165) is 0 Å². The van der Waals surface area contributed by atoms with Crippen LogP contribution in [0.1, 0.15) is 56.1 Å². The second-order valence-corrected chi connectivity index (χ2v) is 17.3. The lowest BCUT2D eigenvalue weighted by Gasteiger charge is -2.25. The topological polar surface area (TPSA) is 341 Å². The Morgan fingerprint density at radius 3 is 1.76 bits per heavy atom. The van der Waals surface area contributed by atoms with E-state index in [0.29, 0.717) is 38.7 Å². The first-order chi connectivity index (χ1) is 33.8. The lowest BCUT2D eigenvalue weighted by Crippen LogP contribution is -2.57. The lowest BCUT2D eigenvalue weighted by atomic mass is 10.0. The Bertz CT molecular complexity index is 2840. The summed E-state index contributed by atoms with van der Waals surface area (Å²) >= 11 is 0. The van der Waals surface area contributed by atoms with Gasteiger partial charge in [-0.3, -0.25) is 43.2 Å². The van der Waals surface area contributed by atoms with Gasteiger partial charge in [0, 0.05) is 41.1 Å². The maximum absolute atomic E-state index is 14.0. The van der Waals surface area contributed by atoms with E-state index in [2.05, 4.69) is 52.8 Å². The number of fused-ring (bicyclic) bond motifs is 29. The van der Waals surface area contributed by atoms with Gasteiger partial charge in [0.1, 0.15) is 41.8 Å². The van der Waals surface area contributed by atoms with Crippen molar-refractivity contribution in [3.63, 3.8) is 0 Å². The molecule has 2 aliphatic heterocycles. The lowest BCUT2D eigenvalue weighted by molar-refractivity contribution is -0.142. The number of hydrogen-bond donors (Lipinski definition) is 11. The molecule has 0 aliphatic carbocycles. The summed E-state index contributed by atoms with van der Waals surface area (Å²) in [6, 6.07) is 11.1. The van der Waals surface area contributed by atoms with Crippen LogP contribution in [0.3, 0.4) is 0 Å². The Morgan fingerprint density at radius 1 is 0.648 bits per heavy atom. The van der Waals surface area contributed by atoms with E-state index >= 15 is 0 Å². The third-order valence-electron chi connectivity index (χ3n) is 11.4. The van der Waals surface area contributed by atoms with Crippen LogP contribution in [0.15, 0.2) is 77.3 Å². The first-order valence-electron chi connectivity index (χ1n) is 22.7. The third-order valence-corrected chi connectivity index (χ3v) is 11.4. The van der Waals surface area contributed by atoms with Gasteiger partial charge in [0.05, 0.1) is 19.6 Å². The van der Waals surface area contributed by atoms with Crippen molar-refractivity contribution in [2.75, 3.05) is 19.6 Å². The van der Waals surface area contributed by atoms with Gasteiger partial charge in [-0.25, -0.2) is 9.78 Å². The van der Waals surface area contributed by atoms with Gasteiger partial charge >= 0.3 is 5.97 Å². The first-order valence-corrected chi connectivity index (χ1v) is 22.7. The summed E-state index contributed by atoms with van der Waals surface area (Å²) in [4.78, 5) is 138. The van der Waals surface area contributed by atoms with E-state index in [4.69, 9.17) is 9.40 Å². The molecular formula is C48H55N11O12. The molecule has 9 amide bonds. The van der Waals surface area contributed by atoms with Crippen LogP contribution in [0.5, 0.6) is 0 Å². The smallest absolute Gasteiger partial charge is 0.326 e. The van der Waals surface area contributed by atoms with Crippen molar-refractivity contribution in [3.8, 4) is 11.5 Å². The van der Waals surface area contributed by atoms with E-state index < -0.39 is 121 Å². The molecule has 2 aliphatic rings. The number of nitrogens with zero attached hydrogens (tertiary/aromatic N) is 1. The minimum absolute atomic E-state index is 0.0523. The number of aliphatic carboxylic acids is 1. The van der Waals surface area contributed by atoms with Crippen LogP contribution < -0.4 is 47.9 Å². The van der Waals surface area contributed by atoms with Crippen LogP contribution in [0.25, 0.3) is 33.5 Å². The number of carbonyl (C=O) groups excluding carboxylic acids is 9. The van der Waals surface area contributed by atoms with Gasteiger partial charge in [0.25, 0.3) is 5.91 Å². The average Bonchev–Trinajstić information content (AvgIpc) is 3.97. The van der Waals surface area contributed by atoms with Crippen molar-refractivity contribution in [1.82, 2.24) is 57.8 Å². The highest BCUT2D eigenvalue weighted by Gasteiger charge is 2.31. The predicted octanol–water partition coefficient (Wildman–Crippen LogP) is -0.554. The third kappa shape index (κ3) is 13.5. The summed E-state index contributed by atoms with van der Waals surface area (Å²) in [5, 5.41) is 32.9. The molecular weight excluding hydrogens is 923 g/mol. The van der Waals surface area contributed by atoms with Gasteiger partial charge in [-0.2, -0.15) is 0 Å². The molecule has 0 spiro atoms. The molecule has 5 aromatic rings. The van der Waals surface area contributed by atoms with Crippen LogP contribution in [0.4, 0.5) is 0 Å².